The molecule has 1 amide bonds. The summed E-state index contributed by atoms with van der Waals surface area (Å²) in [5, 5.41) is 2.93. The van der Waals surface area contributed by atoms with Gasteiger partial charge in [0.1, 0.15) is 30.3 Å². The van der Waals surface area contributed by atoms with Crippen LogP contribution in [0.25, 0.3) is 16.6 Å². The number of pyridine rings is 1. The van der Waals surface area contributed by atoms with Gasteiger partial charge in [0.2, 0.25) is 5.75 Å². The number of rotatable bonds is 10. The fourth-order valence-corrected chi connectivity index (χ4v) is 4.97. The third-order valence-electron chi connectivity index (χ3n) is 7.18. The molecule has 0 spiro atoms. The van der Waals surface area contributed by atoms with Gasteiger partial charge in [-0.1, -0.05) is 0 Å². The summed E-state index contributed by atoms with van der Waals surface area (Å²) in [4.78, 5) is 43.4. The summed E-state index contributed by atoms with van der Waals surface area (Å²) in [6.07, 6.45) is 3.24. The largest absolute Gasteiger partial charge is 0.489 e. The number of aryl methyl sites for hydroxylation is 1. The van der Waals surface area contributed by atoms with Crippen LogP contribution in [0.5, 0.6) is 28.7 Å². The van der Waals surface area contributed by atoms with E-state index in [2.05, 4.69) is 10.3 Å². The van der Waals surface area contributed by atoms with Gasteiger partial charge in [0.05, 0.1) is 23.2 Å². The molecule has 0 unspecified atom stereocenters. The molecule has 242 valence electrons. The zero-order valence-electron chi connectivity index (χ0n) is 25.2. The van der Waals surface area contributed by atoms with Crippen LogP contribution in [0.15, 0.2) is 76.6 Å². The van der Waals surface area contributed by atoms with Crippen LogP contribution in [0.2, 0.25) is 0 Å². The van der Waals surface area contributed by atoms with E-state index in [0.29, 0.717) is 54.4 Å². The third kappa shape index (κ3) is 6.35. The summed E-state index contributed by atoms with van der Waals surface area (Å²) < 4.78 is 59.3. The first-order chi connectivity index (χ1) is 22.7. The highest BCUT2D eigenvalue weighted by molar-refractivity contribution is 6.04. The smallest absolute Gasteiger partial charge is 0.335 e. The van der Waals surface area contributed by atoms with Gasteiger partial charge < -0.3 is 33.6 Å². The van der Waals surface area contributed by atoms with Gasteiger partial charge in [-0.25, -0.2) is 18.1 Å². The molecule has 1 aliphatic rings. The summed E-state index contributed by atoms with van der Waals surface area (Å²) >= 11 is 0. The summed E-state index contributed by atoms with van der Waals surface area (Å²) in [5.41, 5.74) is -1.49. The number of methoxy groups -OCH3 is 1. The molecule has 0 aliphatic carbocycles. The van der Waals surface area contributed by atoms with Crippen molar-refractivity contribution in [3.8, 4) is 34.4 Å². The van der Waals surface area contributed by atoms with Crippen molar-refractivity contribution in [2.24, 2.45) is 7.05 Å². The molecule has 1 aliphatic heterocycles. The highest BCUT2D eigenvalue weighted by Gasteiger charge is 2.25. The first-order valence-electron chi connectivity index (χ1n) is 14.5. The summed E-state index contributed by atoms with van der Waals surface area (Å²) in [6.45, 7) is 1.50. The van der Waals surface area contributed by atoms with Gasteiger partial charge in [-0.2, -0.15) is 0 Å². The average Bonchev–Trinajstić information content (AvgIpc) is 3.07. The normalized spacial score (nSPS) is 12.2. The zero-order valence-corrected chi connectivity index (χ0v) is 25.2. The number of anilines is 1. The van der Waals surface area contributed by atoms with Crippen molar-refractivity contribution in [3.05, 3.63) is 105 Å². The first kappa shape index (κ1) is 31.2. The van der Waals surface area contributed by atoms with E-state index in [4.69, 9.17) is 23.7 Å². The Morgan fingerprint density at radius 3 is 2.47 bits per heavy atom. The second-order valence-electron chi connectivity index (χ2n) is 10.4. The van der Waals surface area contributed by atoms with E-state index >= 15 is 4.39 Å². The number of ether oxygens (including phenoxy) is 5. The van der Waals surface area contributed by atoms with E-state index in [1.165, 1.54) is 37.5 Å². The fraction of sp³-hybridized carbons (Fsp3) is 0.212. The summed E-state index contributed by atoms with van der Waals surface area (Å²) in [7, 11) is 2.97. The van der Waals surface area contributed by atoms with Gasteiger partial charge in [-0.05, 0) is 42.5 Å². The number of hydrogen-bond donors (Lipinski definition) is 1. The van der Waals surface area contributed by atoms with E-state index in [-0.39, 0.29) is 29.5 Å². The van der Waals surface area contributed by atoms with Crippen LogP contribution in [0.3, 0.4) is 0 Å². The van der Waals surface area contributed by atoms with Gasteiger partial charge >= 0.3 is 5.69 Å². The van der Waals surface area contributed by atoms with Crippen LogP contribution in [0.4, 0.5) is 14.5 Å². The lowest BCUT2D eigenvalue weighted by molar-refractivity contribution is 0.102. The maximum Gasteiger partial charge on any atom is 0.335 e. The van der Waals surface area contributed by atoms with E-state index < -0.39 is 34.4 Å². The molecule has 14 heteroatoms. The molecule has 0 radical (unpaired) electrons. The van der Waals surface area contributed by atoms with E-state index in [0.717, 1.165) is 33.5 Å². The van der Waals surface area contributed by atoms with E-state index in [1.807, 2.05) is 0 Å². The van der Waals surface area contributed by atoms with Crippen molar-refractivity contribution in [3.63, 3.8) is 0 Å². The van der Waals surface area contributed by atoms with Crippen LogP contribution in [-0.4, -0.2) is 53.6 Å². The SMILES string of the molecule is COCCCOc1cc2nccc(Oc3ccc(NC(=O)c4cn(C)c(=O)n(-c5ccc(F)cc5)c4=O)cc3F)c2c2c1OCCO2. The standard InChI is InChI=1S/C33H28F2N4O8/c1-38-18-22(32(41)39(33(38)42)21-7-4-19(34)5-8-21)31(40)37-20-6-9-25(23(35)16-20)47-26-10-11-36-24-17-27(44-13-3-12-43-2)29-30(28(24)26)46-15-14-45-29/h4-11,16-18H,3,12-15H2,1-2H3,(H,37,40). The maximum absolute atomic E-state index is 15.4. The predicted molar refractivity (Wildman–Crippen MR) is 166 cm³/mol. The average molecular weight is 647 g/mol. The topological polar surface area (TPSA) is 132 Å². The van der Waals surface area contributed by atoms with Gasteiger partial charge in [0.25, 0.3) is 11.5 Å². The lowest BCUT2D eigenvalue weighted by Crippen LogP contribution is -2.41. The molecule has 0 saturated carbocycles. The number of carbonyl (C=O) groups excluding carboxylic acids is 1. The molecular formula is C33H28F2N4O8. The fourth-order valence-electron chi connectivity index (χ4n) is 4.97. The Kier molecular flexibility index (Phi) is 8.84. The number of nitrogens with one attached hydrogen (secondary N) is 1. The number of fused-ring (bicyclic) bond motifs is 3. The second-order valence-corrected chi connectivity index (χ2v) is 10.4. The number of amides is 1. The Bertz CT molecular complexity index is 2100. The Hall–Kier alpha value is -5.76. The van der Waals surface area contributed by atoms with Crippen molar-refractivity contribution < 1.29 is 37.3 Å². The molecule has 3 heterocycles. The molecular weight excluding hydrogens is 618 g/mol. The Balaban J connectivity index is 1.26. The molecule has 0 bridgehead atoms. The number of halogens is 2. The number of aromatic nitrogens is 3. The predicted octanol–water partition coefficient (Wildman–Crippen LogP) is 4.59. The first-order valence-corrected chi connectivity index (χ1v) is 14.5. The Morgan fingerprint density at radius 1 is 0.957 bits per heavy atom. The zero-order chi connectivity index (χ0) is 33.1. The minimum atomic E-state index is -0.930. The molecule has 5 aromatic rings. The minimum absolute atomic E-state index is 0.0189. The van der Waals surface area contributed by atoms with Crippen LogP contribution >= 0.6 is 0 Å². The molecule has 6 rings (SSSR count). The lowest BCUT2D eigenvalue weighted by Gasteiger charge is -2.23. The van der Waals surface area contributed by atoms with Crippen LogP contribution in [0.1, 0.15) is 16.8 Å². The van der Waals surface area contributed by atoms with E-state index in [1.54, 1.807) is 19.2 Å². The molecule has 0 fully saturated rings. The number of benzene rings is 3. The van der Waals surface area contributed by atoms with Crippen molar-refractivity contribution in [2.45, 2.75) is 6.42 Å². The summed E-state index contributed by atoms with van der Waals surface area (Å²) in [6, 6.07) is 11.6. The van der Waals surface area contributed by atoms with Crippen molar-refractivity contribution in [1.29, 1.82) is 0 Å². The maximum atomic E-state index is 15.4. The van der Waals surface area contributed by atoms with Crippen molar-refractivity contribution in [1.82, 2.24) is 14.1 Å². The molecule has 0 atom stereocenters. The number of carbonyl (C=O) groups is 1. The van der Waals surface area contributed by atoms with Crippen LogP contribution in [0, 0.1) is 11.6 Å². The monoisotopic (exact) mass is 646 g/mol. The third-order valence-corrected chi connectivity index (χ3v) is 7.18. The van der Waals surface area contributed by atoms with Crippen LogP contribution < -0.4 is 35.5 Å². The quantitative estimate of drug-likeness (QED) is 0.216. The molecule has 2 aromatic heterocycles. The second kappa shape index (κ2) is 13.3. The lowest BCUT2D eigenvalue weighted by atomic mass is 10.1. The van der Waals surface area contributed by atoms with Gasteiger partial charge in [-0.15, -0.1) is 0 Å². The Labute approximate surface area is 265 Å². The van der Waals surface area contributed by atoms with Crippen LogP contribution in [-0.2, 0) is 11.8 Å². The molecule has 3 aromatic carbocycles. The molecule has 0 saturated heterocycles. The highest BCUT2D eigenvalue weighted by Crippen LogP contribution is 2.48. The number of hydrogen-bond acceptors (Lipinski definition) is 9. The molecule has 47 heavy (non-hydrogen) atoms. The minimum Gasteiger partial charge on any atom is -0.489 e. The van der Waals surface area contributed by atoms with E-state index in [9.17, 15) is 18.8 Å². The van der Waals surface area contributed by atoms with Gasteiger partial charge in [-0.3, -0.25) is 14.6 Å². The van der Waals surface area contributed by atoms with Gasteiger partial charge in [0, 0.05) is 57.4 Å². The summed E-state index contributed by atoms with van der Waals surface area (Å²) in [5.74, 6) is -1.01. The van der Waals surface area contributed by atoms with Crippen molar-refractivity contribution >= 4 is 22.5 Å². The number of nitrogens with zero attached hydrogens (tertiary/aromatic N) is 3. The molecule has 12 nitrogen and oxygen atoms in total. The highest BCUT2D eigenvalue weighted by atomic mass is 19.1. The molecule has 1 N–H and O–H groups in total. The van der Waals surface area contributed by atoms with Gasteiger partial charge in [0.15, 0.2) is 23.1 Å². The van der Waals surface area contributed by atoms with Crippen molar-refractivity contribution in [2.75, 3.05) is 38.9 Å². The Morgan fingerprint density at radius 2 is 1.72 bits per heavy atom.